The molecule has 2 rings (SSSR count). The third-order valence-electron chi connectivity index (χ3n) is 2.79. The number of nitrogens with zero attached hydrogens (tertiary/aromatic N) is 1. The normalized spacial score (nSPS) is 13.6. The Kier molecular flexibility index (Phi) is 3.10. The summed E-state index contributed by atoms with van der Waals surface area (Å²) in [7, 11) is 1.47. The van der Waals surface area contributed by atoms with Crippen molar-refractivity contribution in [2.24, 2.45) is 0 Å². The number of carbonyl (C=O) groups is 2. The van der Waals surface area contributed by atoms with Gasteiger partial charge in [0.05, 0.1) is 5.56 Å². The second-order valence-corrected chi connectivity index (χ2v) is 3.88. The average molecular weight is 235 g/mol. The van der Waals surface area contributed by atoms with Crippen LogP contribution in [-0.2, 0) is 16.0 Å². The van der Waals surface area contributed by atoms with Crippen molar-refractivity contribution in [1.29, 1.82) is 0 Å². The van der Waals surface area contributed by atoms with Gasteiger partial charge in [-0.1, -0.05) is 0 Å². The van der Waals surface area contributed by atoms with E-state index in [0.29, 0.717) is 13.0 Å². The van der Waals surface area contributed by atoms with E-state index in [2.05, 4.69) is 0 Å². The Balaban J connectivity index is 2.27. The fourth-order valence-electron chi connectivity index (χ4n) is 2.00. The number of rotatable bonds is 3. The molecule has 90 valence electrons. The third kappa shape index (κ3) is 2.14. The SMILES string of the molecule is COCC(=O)N1CCc2cc(C(=O)O)ccc21. The van der Waals surface area contributed by atoms with Crippen molar-refractivity contribution in [3.05, 3.63) is 29.3 Å². The van der Waals surface area contributed by atoms with Crippen molar-refractivity contribution in [2.45, 2.75) is 6.42 Å². The monoisotopic (exact) mass is 235 g/mol. The first-order valence-corrected chi connectivity index (χ1v) is 5.29. The minimum absolute atomic E-state index is 0.0418. The highest BCUT2D eigenvalue weighted by Gasteiger charge is 2.25. The molecule has 0 atom stereocenters. The zero-order chi connectivity index (χ0) is 12.4. The smallest absolute Gasteiger partial charge is 0.335 e. The number of methoxy groups -OCH3 is 1. The van der Waals surface area contributed by atoms with Crippen LogP contribution >= 0.6 is 0 Å². The van der Waals surface area contributed by atoms with Gasteiger partial charge < -0.3 is 14.7 Å². The van der Waals surface area contributed by atoms with Crippen LogP contribution in [0.1, 0.15) is 15.9 Å². The van der Waals surface area contributed by atoms with Crippen molar-refractivity contribution in [1.82, 2.24) is 0 Å². The lowest BCUT2D eigenvalue weighted by Gasteiger charge is -2.16. The van der Waals surface area contributed by atoms with Crippen molar-refractivity contribution >= 4 is 17.6 Å². The minimum Gasteiger partial charge on any atom is -0.478 e. The van der Waals surface area contributed by atoms with Gasteiger partial charge in [0.1, 0.15) is 6.61 Å². The Labute approximate surface area is 98.6 Å². The molecule has 0 fully saturated rings. The summed E-state index contributed by atoms with van der Waals surface area (Å²) in [4.78, 5) is 24.2. The van der Waals surface area contributed by atoms with Crippen molar-refractivity contribution < 1.29 is 19.4 Å². The highest BCUT2D eigenvalue weighted by molar-refractivity contribution is 5.97. The standard InChI is InChI=1S/C12H13NO4/c1-17-7-11(14)13-5-4-8-6-9(12(15)16)2-3-10(8)13/h2-3,6H,4-5,7H2,1H3,(H,15,16). The van der Waals surface area contributed by atoms with Crippen LogP contribution in [0.15, 0.2) is 18.2 Å². The van der Waals surface area contributed by atoms with E-state index < -0.39 is 5.97 Å². The first-order valence-electron chi connectivity index (χ1n) is 5.29. The molecular weight excluding hydrogens is 222 g/mol. The molecule has 0 unspecified atom stereocenters. The summed E-state index contributed by atoms with van der Waals surface area (Å²) in [6, 6.07) is 4.82. The predicted octanol–water partition coefficient (Wildman–Crippen LogP) is 0.920. The minimum atomic E-state index is -0.950. The van der Waals surface area contributed by atoms with Gasteiger partial charge in [0.15, 0.2) is 0 Å². The molecule has 0 aromatic heterocycles. The van der Waals surface area contributed by atoms with Gasteiger partial charge >= 0.3 is 5.97 Å². The number of aromatic carboxylic acids is 1. The van der Waals surface area contributed by atoms with Crippen molar-refractivity contribution in [3.63, 3.8) is 0 Å². The number of carboxylic acid groups (broad SMARTS) is 1. The van der Waals surface area contributed by atoms with Crippen molar-refractivity contribution in [2.75, 3.05) is 25.2 Å². The second-order valence-electron chi connectivity index (χ2n) is 3.88. The number of carboxylic acids is 1. The molecule has 1 aromatic carbocycles. The van der Waals surface area contributed by atoms with Gasteiger partial charge in [-0.15, -0.1) is 0 Å². The Hall–Kier alpha value is -1.88. The molecule has 1 heterocycles. The third-order valence-corrected chi connectivity index (χ3v) is 2.79. The molecule has 17 heavy (non-hydrogen) atoms. The van der Waals surface area contributed by atoms with Crippen molar-refractivity contribution in [3.8, 4) is 0 Å². The predicted molar refractivity (Wildman–Crippen MR) is 61.3 cm³/mol. The molecule has 0 saturated carbocycles. The number of carbonyl (C=O) groups excluding carboxylic acids is 1. The Morgan fingerprint density at radius 3 is 2.88 bits per heavy atom. The molecule has 0 bridgehead atoms. The molecular formula is C12H13NO4. The molecule has 5 heteroatoms. The zero-order valence-corrected chi connectivity index (χ0v) is 9.47. The number of ether oxygens (including phenoxy) is 1. The van der Waals surface area contributed by atoms with Gasteiger partial charge in [0, 0.05) is 19.3 Å². The Morgan fingerprint density at radius 2 is 2.24 bits per heavy atom. The highest BCUT2D eigenvalue weighted by atomic mass is 16.5. The number of anilines is 1. The maximum atomic E-state index is 11.7. The van der Waals surface area contributed by atoms with Gasteiger partial charge in [0.2, 0.25) is 0 Å². The van der Waals surface area contributed by atoms with Crippen LogP contribution in [0.2, 0.25) is 0 Å². The molecule has 1 aromatic rings. The van der Waals surface area contributed by atoms with Crippen LogP contribution < -0.4 is 4.90 Å². The van der Waals surface area contributed by atoms with E-state index in [4.69, 9.17) is 9.84 Å². The highest BCUT2D eigenvalue weighted by Crippen LogP contribution is 2.28. The number of hydrogen-bond acceptors (Lipinski definition) is 3. The molecule has 0 radical (unpaired) electrons. The number of hydrogen-bond donors (Lipinski definition) is 1. The average Bonchev–Trinajstić information content (AvgIpc) is 2.71. The number of fused-ring (bicyclic) bond motifs is 1. The molecule has 1 N–H and O–H groups in total. The fourth-order valence-corrected chi connectivity index (χ4v) is 2.00. The Bertz CT molecular complexity index is 470. The van der Waals surface area contributed by atoms with Crippen LogP contribution in [0.25, 0.3) is 0 Å². The van der Waals surface area contributed by atoms with E-state index in [0.717, 1.165) is 11.3 Å². The summed E-state index contributed by atoms with van der Waals surface area (Å²) in [6.07, 6.45) is 0.686. The van der Waals surface area contributed by atoms with Crippen LogP contribution in [0.5, 0.6) is 0 Å². The molecule has 5 nitrogen and oxygen atoms in total. The van der Waals surface area contributed by atoms with Gasteiger partial charge in [0.25, 0.3) is 5.91 Å². The van der Waals surface area contributed by atoms with Gasteiger partial charge in [-0.2, -0.15) is 0 Å². The summed E-state index contributed by atoms with van der Waals surface area (Å²) in [5.74, 6) is -1.05. The van der Waals surface area contributed by atoms with Crippen LogP contribution in [0, 0.1) is 0 Å². The fraction of sp³-hybridized carbons (Fsp3) is 0.333. The molecule has 1 aliphatic rings. The molecule has 0 saturated heterocycles. The first-order chi connectivity index (χ1) is 8.13. The Morgan fingerprint density at radius 1 is 1.47 bits per heavy atom. The van der Waals surface area contributed by atoms with Crippen LogP contribution in [0.3, 0.4) is 0 Å². The quantitative estimate of drug-likeness (QED) is 0.846. The topological polar surface area (TPSA) is 66.8 Å². The number of amides is 1. The van der Waals surface area contributed by atoms with Gasteiger partial charge in [-0.05, 0) is 30.2 Å². The van der Waals surface area contributed by atoms with Gasteiger partial charge in [-0.25, -0.2) is 4.79 Å². The zero-order valence-electron chi connectivity index (χ0n) is 9.47. The maximum Gasteiger partial charge on any atom is 0.335 e. The van der Waals surface area contributed by atoms with E-state index >= 15 is 0 Å². The maximum absolute atomic E-state index is 11.7. The summed E-state index contributed by atoms with van der Waals surface area (Å²) in [6.45, 7) is 0.626. The summed E-state index contributed by atoms with van der Waals surface area (Å²) >= 11 is 0. The summed E-state index contributed by atoms with van der Waals surface area (Å²) < 4.78 is 4.81. The largest absolute Gasteiger partial charge is 0.478 e. The molecule has 1 amide bonds. The first kappa shape index (κ1) is 11.6. The van der Waals surface area contributed by atoms with Gasteiger partial charge in [-0.3, -0.25) is 4.79 Å². The second kappa shape index (κ2) is 4.55. The molecule has 0 spiro atoms. The number of benzene rings is 1. The molecule has 1 aliphatic heterocycles. The lowest BCUT2D eigenvalue weighted by molar-refractivity contribution is -0.122. The van der Waals surface area contributed by atoms with Crippen LogP contribution in [-0.4, -0.2) is 37.2 Å². The molecule has 0 aliphatic carbocycles. The van der Waals surface area contributed by atoms with E-state index in [1.54, 1.807) is 17.0 Å². The van der Waals surface area contributed by atoms with E-state index in [9.17, 15) is 9.59 Å². The van der Waals surface area contributed by atoms with E-state index in [1.807, 2.05) is 0 Å². The van der Waals surface area contributed by atoms with E-state index in [1.165, 1.54) is 13.2 Å². The summed E-state index contributed by atoms with van der Waals surface area (Å²) in [5.41, 5.74) is 1.94. The van der Waals surface area contributed by atoms with E-state index in [-0.39, 0.29) is 18.1 Å². The lowest BCUT2D eigenvalue weighted by atomic mass is 10.1. The summed E-state index contributed by atoms with van der Waals surface area (Å²) in [5, 5.41) is 8.87. The van der Waals surface area contributed by atoms with Crippen LogP contribution in [0.4, 0.5) is 5.69 Å². The lowest BCUT2D eigenvalue weighted by Crippen LogP contribution is -2.31.